The van der Waals surface area contributed by atoms with Crippen LogP contribution in [-0.4, -0.2) is 9.55 Å². The highest BCUT2D eigenvalue weighted by molar-refractivity contribution is 6.10. The van der Waals surface area contributed by atoms with Gasteiger partial charge in [0.2, 0.25) is 0 Å². The summed E-state index contributed by atoms with van der Waals surface area (Å²) in [4.78, 5) is 5.29. The fraction of sp³-hybridized carbons (Fsp3) is 0.0227. The molecule has 1 unspecified atom stereocenters. The first-order valence-electron chi connectivity index (χ1n) is 16.1. The van der Waals surface area contributed by atoms with Gasteiger partial charge in [-0.1, -0.05) is 133 Å². The van der Waals surface area contributed by atoms with E-state index in [1.807, 2.05) is 6.07 Å². The summed E-state index contributed by atoms with van der Waals surface area (Å²) >= 11 is 0. The highest BCUT2D eigenvalue weighted by Crippen LogP contribution is 2.61. The van der Waals surface area contributed by atoms with Crippen molar-refractivity contribution in [2.75, 3.05) is 0 Å². The molecule has 3 heteroatoms. The van der Waals surface area contributed by atoms with Gasteiger partial charge < -0.3 is 4.42 Å². The van der Waals surface area contributed by atoms with Crippen LogP contribution in [-0.2, 0) is 5.41 Å². The Morgan fingerprint density at radius 3 is 2.13 bits per heavy atom. The van der Waals surface area contributed by atoms with E-state index in [0.717, 1.165) is 55.5 Å². The van der Waals surface area contributed by atoms with E-state index in [0.29, 0.717) is 0 Å². The van der Waals surface area contributed by atoms with Crippen LogP contribution in [0.3, 0.4) is 0 Å². The van der Waals surface area contributed by atoms with Crippen molar-refractivity contribution in [3.8, 4) is 39.3 Å². The van der Waals surface area contributed by atoms with E-state index < -0.39 is 5.41 Å². The molecule has 11 rings (SSSR count). The molecule has 2 aromatic heterocycles. The van der Waals surface area contributed by atoms with Crippen molar-refractivity contribution < 1.29 is 4.42 Å². The lowest BCUT2D eigenvalue weighted by molar-refractivity contribution is 0.670. The topological polar surface area (TPSA) is 31.0 Å². The van der Waals surface area contributed by atoms with E-state index in [4.69, 9.17) is 9.40 Å². The molecule has 7 aromatic carbocycles. The maximum atomic E-state index is 6.54. The Labute approximate surface area is 271 Å². The smallest absolute Gasteiger partial charge is 0.145 e. The molecule has 1 spiro atoms. The van der Waals surface area contributed by atoms with E-state index in [2.05, 4.69) is 156 Å². The first-order valence-corrected chi connectivity index (χ1v) is 16.1. The van der Waals surface area contributed by atoms with Crippen molar-refractivity contribution in [1.82, 2.24) is 9.55 Å². The number of furan rings is 1. The number of para-hydroxylation sites is 4. The summed E-state index contributed by atoms with van der Waals surface area (Å²) < 4.78 is 8.93. The molecule has 47 heavy (non-hydrogen) atoms. The maximum absolute atomic E-state index is 6.54. The number of fused-ring (bicyclic) bond motifs is 12. The van der Waals surface area contributed by atoms with Crippen LogP contribution in [0.25, 0.3) is 72.3 Å². The lowest BCUT2D eigenvalue weighted by Crippen LogP contribution is -2.33. The fourth-order valence-electron chi connectivity index (χ4n) is 8.58. The predicted octanol–water partition coefficient (Wildman–Crippen LogP) is 10.9. The van der Waals surface area contributed by atoms with Crippen LogP contribution >= 0.6 is 0 Å². The average molecular weight is 599 g/mol. The van der Waals surface area contributed by atoms with Crippen LogP contribution < -0.4 is 0 Å². The molecule has 0 fully saturated rings. The minimum absolute atomic E-state index is 0.524. The molecule has 3 nitrogen and oxygen atoms in total. The summed E-state index contributed by atoms with van der Waals surface area (Å²) in [6, 6.07) is 56.9. The van der Waals surface area contributed by atoms with Crippen LogP contribution in [0.1, 0.15) is 22.3 Å². The van der Waals surface area contributed by atoms with Crippen LogP contribution in [0.15, 0.2) is 162 Å². The number of aromatic nitrogens is 2. The molecular weight excluding hydrogens is 572 g/mol. The zero-order chi connectivity index (χ0) is 30.7. The van der Waals surface area contributed by atoms with Gasteiger partial charge in [0.25, 0.3) is 0 Å². The second kappa shape index (κ2) is 8.96. The van der Waals surface area contributed by atoms with E-state index in [1.54, 1.807) is 0 Å². The lowest BCUT2D eigenvalue weighted by Gasteiger charge is -2.39. The summed E-state index contributed by atoms with van der Waals surface area (Å²) in [5, 5.41) is 2.28. The largest absolute Gasteiger partial charge is 0.455 e. The lowest BCUT2D eigenvalue weighted by atomic mass is 9.65. The van der Waals surface area contributed by atoms with Crippen molar-refractivity contribution >= 4 is 33.0 Å². The minimum atomic E-state index is -0.524. The van der Waals surface area contributed by atoms with Gasteiger partial charge in [-0.25, -0.2) is 4.98 Å². The molecular formula is C44H26N2O. The van der Waals surface area contributed by atoms with Gasteiger partial charge in [0.05, 0.1) is 22.1 Å². The van der Waals surface area contributed by atoms with Crippen LogP contribution in [0.4, 0.5) is 0 Å². The van der Waals surface area contributed by atoms with E-state index >= 15 is 0 Å². The minimum Gasteiger partial charge on any atom is -0.455 e. The number of benzene rings is 7. The van der Waals surface area contributed by atoms with Crippen molar-refractivity contribution in [2.24, 2.45) is 0 Å². The van der Waals surface area contributed by atoms with Gasteiger partial charge in [-0.15, -0.1) is 0 Å². The zero-order valence-corrected chi connectivity index (χ0v) is 25.3. The predicted molar refractivity (Wildman–Crippen MR) is 190 cm³/mol. The Balaban J connectivity index is 1.27. The first kappa shape index (κ1) is 25.1. The van der Waals surface area contributed by atoms with E-state index in [9.17, 15) is 0 Å². The second-order valence-electron chi connectivity index (χ2n) is 12.7. The van der Waals surface area contributed by atoms with Crippen molar-refractivity contribution in [3.05, 3.63) is 180 Å². The van der Waals surface area contributed by atoms with Crippen LogP contribution in [0, 0.1) is 0 Å². The molecule has 1 aliphatic heterocycles. The van der Waals surface area contributed by atoms with E-state index in [-0.39, 0.29) is 0 Å². The molecule has 9 aromatic rings. The third kappa shape index (κ3) is 3.09. The highest BCUT2D eigenvalue weighted by atomic mass is 16.3. The third-order valence-electron chi connectivity index (χ3n) is 10.4. The molecule has 0 bridgehead atoms. The molecule has 3 heterocycles. The molecule has 1 atom stereocenters. The summed E-state index contributed by atoms with van der Waals surface area (Å²) in [6.45, 7) is 0. The summed E-state index contributed by atoms with van der Waals surface area (Å²) in [7, 11) is 0. The number of hydrogen-bond donors (Lipinski definition) is 0. The van der Waals surface area contributed by atoms with E-state index in [1.165, 1.54) is 39.1 Å². The molecule has 218 valence electrons. The van der Waals surface area contributed by atoms with Crippen LogP contribution in [0.2, 0.25) is 0 Å². The van der Waals surface area contributed by atoms with Gasteiger partial charge >= 0.3 is 0 Å². The Bertz CT molecular complexity index is 2750. The zero-order valence-electron chi connectivity index (χ0n) is 25.3. The second-order valence-corrected chi connectivity index (χ2v) is 12.7. The first-order chi connectivity index (χ1) is 23.3. The van der Waals surface area contributed by atoms with Gasteiger partial charge in [0.1, 0.15) is 17.0 Å². The monoisotopic (exact) mass is 598 g/mol. The Hall–Kier alpha value is -6.19. The van der Waals surface area contributed by atoms with Crippen molar-refractivity contribution in [3.63, 3.8) is 0 Å². The van der Waals surface area contributed by atoms with Crippen molar-refractivity contribution in [2.45, 2.75) is 5.41 Å². The highest BCUT2D eigenvalue weighted by Gasteiger charge is 2.51. The van der Waals surface area contributed by atoms with Gasteiger partial charge in [-0.3, -0.25) is 4.57 Å². The maximum Gasteiger partial charge on any atom is 0.145 e. The quantitative estimate of drug-likeness (QED) is 0.198. The Kier molecular flexibility index (Phi) is 4.78. The molecule has 1 aliphatic carbocycles. The SMILES string of the molecule is c1ccc(-c2nc3cccc4c3n2-c2ccccc2C42c3ccccc3-c3ccc(-c4cccc5c4oc4ccccc45)cc32)cc1. The third-order valence-corrected chi connectivity index (χ3v) is 10.4. The summed E-state index contributed by atoms with van der Waals surface area (Å²) in [5.74, 6) is 0.965. The molecule has 0 amide bonds. The molecule has 2 aliphatic rings. The molecule has 0 radical (unpaired) electrons. The molecule has 0 saturated heterocycles. The van der Waals surface area contributed by atoms with Gasteiger partial charge in [-0.2, -0.15) is 0 Å². The Morgan fingerprint density at radius 2 is 1.19 bits per heavy atom. The standard InChI is InChI=1S/C44H26N2O/c1-2-12-27(13-3-1)43-45-38-21-11-20-36-41(38)46(43)39-22-8-7-19-35(39)44(36)34-18-6-4-14-30(34)31-25-24-28(26-37(31)44)29-16-10-17-33-32-15-5-9-23-40(32)47-42(29)33/h1-26H. The Morgan fingerprint density at radius 1 is 0.489 bits per heavy atom. The fourth-order valence-corrected chi connectivity index (χ4v) is 8.58. The summed E-state index contributed by atoms with van der Waals surface area (Å²) in [5.41, 5.74) is 15.7. The van der Waals surface area contributed by atoms with Gasteiger partial charge in [0, 0.05) is 21.9 Å². The average Bonchev–Trinajstić information content (AvgIpc) is 3.80. The van der Waals surface area contributed by atoms with Gasteiger partial charge in [-0.05, 0) is 63.2 Å². The van der Waals surface area contributed by atoms with Gasteiger partial charge in [0.15, 0.2) is 0 Å². The number of rotatable bonds is 2. The number of imidazole rings is 1. The van der Waals surface area contributed by atoms with Crippen LogP contribution in [0.5, 0.6) is 0 Å². The van der Waals surface area contributed by atoms with Crippen molar-refractivity contribution in [1.29, 1.82) is 0 Å². The normalized spacial score (nSPS) is 15.7. The molecule has 0 saturated carbocycles. The number of hydrogen-bond acceptors (Lipinski definition) is 2. The molecule has 0 N–H and O–H groups in total. The number of nitrogens with zero attached hydrogens (tertiary/aromatic N) is 2. The summed E-state index contributed by atoms with van der Waals surface area (Å²) in [6.07, 6.45) is 0.